The molecule has 3 aromatic heterocycles. The van der Waals surface area contributed by atoms with E-state index < -0.39 is 8.07 Å². The molecule has 10 nitrogen and oxygen atoms in total. The molecule has 3 aromatic carbocycles. The highest BCUT2D eigenvalue weighted by molar-refractivity contribution is 6.76. The Balaban J connectivity index is 1.50. The molecule has 0 saturated heterocycles. The summed E-state index contributed by atoms with van der Waals surface area (Å²) >= 11 is 0. The van der Waals surface area contributed by atoms with Gasteiger partial charge in [-0.3, -0.25) is 4.79 Å². The molecule has 6 rings (SSSR count). The molecule has 0 aliphatic carbocycles. The molecule has 2 N–H and O–H groups in total. The van der Waals surface area contributed by atoms with Gasteiger partial charge in [-0.2, -0.15) is 9.61 Å². The third-order valence-corrected chi connectivity index (χ3v) is 9.39. The standard InChI is InChI=1S/C35H38N6O4Si/c1-43-27-18-16-25(17-19-27)31-33(36-28-22-29(44-2)40(38-28)23-45-20-21-46(3,4)5)37-34-30(24-12-8-6-9-13-24)32(39-41(34)35(31)42)26-14-10-7-11-15-26/h6-19,22,37H,20-21,23H2,1-5H3,(H,36,38). The molecule has 3 heterocycles. The second-order valence-electron chi connectivity index (χ2n) is 12.2. The van der Waals surface area contributed by atoms with Crippen LogP contribution >= 0.6 is 0 Å². The van der Waals surface area contributed by atoms with Crippen molar-refractivity contribution in [1.29, 1.82) is 0 Å². The summed E-state index contributed by atoms with van der Waals surface area (Å²) < 4.78 is 20.1. The number of aromatic nitrogens is 5. The number of fused-ring (bicyclic) bond motifs is 1. The second kappa shape index (κ2) is 13.1. The third-order valence-electron chi connectivity index (χ3n) is 7.69. The van der Waals surface area contributed by atoms with Gasteiger partial charge in [0.25, 0.3) is 5.56 Å². The number of anilines is 2. The Labute approximate surface area is 268 Å². The van der Waals surface area contributed by atoms with Crippen molar-refractivity contribution in [3.63, 3.8) is 0 Å². The van der Waals surface area contributed by atoms with Crippen molar-refractivity contribution in [2.75, 3.05) is 26.1 Å². The number of ether oxygens (including phenoxy) is 3. The minimum absolute atomic E-state index is 0.247. The van der Waals surface area contributed by atoms with Crippen LogP contribution in [0.2, 0.25) is 25.7 Å². The fraction of sp³-hybridized carbons (Fsp3) is 0.229. The Bertz CT molecular complexity index is 2000. The lowest BCUT2D eigenvalue weighted by molar-refractivity contribution is 0.0725. The first-order valence-corrected chi connectivity index (χ1v) is 18.9. The summed E-state index contributed by atoms with van der Waals surface area (Å²) in [4.78, 5) is 18.0. The van der Waals surface area contributed by atoms with Gasteiger partial charge in [0.2, 0.25) is 5.88 Å². The first-order valence-electron chi connectivity index (χ1n) is 15.2. The van der Waals surface area contributed by atoms with E-state index in [0.717, 1.165) is 22.7 Å². The number of nitrogens with one attached hydrogen (secondary N) is 2. The molecular formula is C35H38N6O4Si. The molecule has 0 saturated carbocycles. The van der Waals surface area contributed by atoms with Crippen LogP contribution in [0.15, 0.2) is 95.8 Å². The van der Waals surface area contributed by atoms with Crippen LogP contribution in [0.25, 0.3) is 39.2 Å². The summed E-state index contributed by atoms with van der Waals surface area (Å²) in [6, 6.07) is 30.0. The number of hydrogen-bond donors (Lipinski definition) is 2. The van der Waals surface area contributed by atoms with Gasteiger partial charge in [-0.1, -0.05) is 92.4 Å². The van der Waals surface area contributed by atoms with Crippen molar-refractivity contribution in [2.45, 2.75) is 32.4 Å². The predicted molar refractivity (Wildman–Crippen MR) is 185 cm³/mol. The minimum atomic E-state index is -1.23. The highest BCUT2D eigenvalue weighted by Crippen LogP contribution is 2.36. The van der Waals surface area contributed by atoms with E-state index in [-0.39, 0.29) is 12.3 Å². The van der Waals surface area contributed by atoms with Crippen LogP contribution in [0.4, 0.5) is 11.6 Å². The summed E-state index contributed by atoms with van der Waals surface area (Å²) in [5, 5.41) is 13.0. The molecule has 0 spiro atoms. The molecule has 236 valence electrons. The molecule has 11 heteroatoms. The number of H-pyrrole nitrogens is 1. The van der Waals surface area contributed by atoms with E-state index >= 15 is 0 Å². The van der Waals surface area contributed by atoms with Crippen LogP contribution in [0, 0.1) is 0 Å². The molecule has 6 aromatic rings. The Morgan fingerprint density at radius 1 is 0.804 bits per heavy atom. The summed E-state index contributed by atoms with van der Waals surface area (Å²) in [7, 11) is 1.98. The molecule has 46 heavy (non-hydrogen) atoms. The van der Waals surface area contributed by atoms with Gasteiger partial charge in [0.1, 0.15) is 29.6 Å². The summed E-state index contributed by atoms with van der Waals surface area (Å²) in [6.07, 6.45) is 0. The lowest BCUT2D eigenvalue weighted by atomic mass is 10.0. The quantitative estimate of drug-likeness (QED) is 0.108. The van der Waals surface area contributed by atoms with Gasteiger partial charge in [-0.25, -0.2) is 4.68 Å². The first-order chi connectivity index (χ1) is 22.3. The Hall–Kier alpha value is -5.13. The largest absolute Gasteiger partial charge is 0.497 e. The third kappa shape index (κ3) is 6.46. The van der Waals surface area contributed by atoms with Gasteiger partial charge in [-0.05, 0) is 29.3 Å². The molecule has 0 unspecified atom stereocenters. The number of aromatic amines is 1. The highest BCUT2D eigenvalue weighted by Gasteiger charge is 2.24. The highest BCUT2D eigenvalue weighted by atomic mass is 28.3. The van der Waals surface area contributed by atoms with E-state index in [9.17, 15) is 4.79 Å². The van der Waals surface area contributed by atoms with E-state index in [1.54, 1.807) is 25.0 Å². The second-order valence-corrected chi connectivity index (χ2v) is 17.8. The summed E-state index contributed by atoms with van der Waals surface area (Å²) in [5.74, 6) is 2.17. The SMILES string of the molecule is COc1ccc(-c2c(Nc3cc(OC)n(COCC[Si](C)(C)C)n3)[nH]c3c(-c4ccccc4)c(-c4ccccc4)nn3c2=O)cc1. The number of hydrogen-bond acceptors (Lipinski definition) is 7. The number of rotatable bonds is 12. The van der Waals surface area contributed by atoms with Gasteiger partial charge in [0, 0.05) is 26.3 Å². The zero-order valence-electron chi connectivity index (χ0n) is 26.7. The number of nitrogens with zero attached hydrogens (tertiary/aromatic N) is 4. The molecule has 0 bridgehead atoms. The molecule has 0 aliphatic rings. The van der Waals surface area contributed by atoms with Crippen molar-refractivity contribution in [2.24, 2.45) is 0 Å². The molecular weight excluding hydrogens is 597 g/mol. The topological polar surface area (TPSA) is 108 Å². The Morgan fingerprint density at radius 2 is 1.46 bits per heavy atom. The van der Waals surface area contributed by atoms with Crippen molar-refractivity contribution >= 4 is 25.4 Å². The molecule has 0 fully saturated rings. The van der Waals surface area contributed by atoms with E-state index in [1.807, 2.05) is 84.9 Å². The monoisotopic (exact) mass is 634 g/mol. The van der Waals surface area contributed by atoms with Gasteiger partial charge < -0.3 is 24.5 Å². The van der Waals surface area contributed by atoms with Crippen LogP contribution < -0.4 is 20.3 Å². The van der Waals surface area contributed by atoms with Gasteiger partial charge in [-0.15, -0.1) is 5.10 Å². The average Bonchev–Trinajstić information content (AvgIpc) is 3.65. The van der Waals surface area contributed by atoms with Gasteiger partial charge in [0.15, 0.2) is 5.82 Å². The Kier molecular flexibility index (Phi) is 8.78. The van der Waals surface area contributed by atoms with Crippen LogP contribution in [0.1, 0.15) is 0 Å². The van der Waals surface area contributed by atoms with Gasteiger partial charge >= 0.3 is 0 Å². The predicted octanol–water partition coefficient (Wildman–Crippen LogP) is 7.29. The Morgan fingerprint density at radius 3 is 2.09 bits per heavy atom. The minimum Gasteiger partial charge on any atom is -0.497 e. The average molecular weight is 635 g/mol. The van der Waals surface area contributed by atoms with Crippen molar-refractivity contribution in [1.82, 2.24) is 24.4 Å². The first kappa shape index (κ1) is 30.9. The number of methoxy groups -OCH3 is 2. The normalized spacial score (nSPS) is 11.6. The molecule has 0 radical (unpaired) electrons. The van der Waals surface area contributed by atoms with Crippen LogP contribution in [-0.4, -0.2) is 53.3 Å². The van der Waals surface area contributed by atoms with Crippen LogP contribution in [-0.2, 0) is 11.5 Å². The smallest absolute Gasteiger partial charge is 0.284 e. The van der Waals surface area contributed by atoms with Crippen molar-refractivity contribution in [3.05, 3.63) is 101 Å². The van der Waals surface area contributed by atoms with E-state index in [0.29, 0.717) is 52.3 Å². The zero-order chi connectivity index (χ0) is 32.3. The fourth-order valence-electron chi connectivity index (χ4n) is 5.24. The fourth-order valence-corrected chi connectivity index (χ4v) is 6.00. The maximum atomic E-state index is 14.4. The van der Waals surface area contributed by atoms with E-state index in [4.69, 9.17) is 24.4 Å². The zero-order valence-corrected chi connectivity index (χ0v) is 27.7. The molecule has 0 atom stereocenters. The van der Waals surface area contributed by atoms with Gasteiger partial charge in [0.05, 0.1) is 25.3 Å². The summed E-state index contributed by atoms with van der Waals surface area (Å²) in [6.45, 7) is 7.85. The van der Waals surface area contributed by atoms with E-state index in [1.165, 1.54) is 4.52 Å². The number of benzene rings is 3. The molecule has 0 amide bonds. The lowest BCUT2D eigenvalue weighted by Crippen LogP contribution is -2.22. The van der Waals surface area contributed by atoms with Crippen molar-refractivity contribution < 1.29 is 14.2 Å². The summed E-state index contributed by atoms with van der Waals surface area (Å²) in [5.41, 5.74) is 4.68. The van der Waals surface area contributed by atoms with Crippen LogP contribution in [0.3, 0.4) is 0 Å². The van der Waals surface area contributed by atoms with Crippen molar-refractivity contribution in [3.8, 4) is 45.1 Å². The van der Waals surface area contributed by atoms with Crippen LogP contribution in [0.5, 0.6) is 11.6 Å². The maximum Gasteiger partial charge on any atom is 0.284 e. The lowest BCUT2D eigenvalue weighted by Gasteiger charge is -2.15. The molecule has 0 aliphatic heterocycles. The maximum absolute atomic E-state index is 14.4. The van der Waals surface area contributed by atoms with E-state index in [2.05, 4.69) is 29.9 Å².